The van der Waals surface area contributed by atoms with Crippen LogP contribution in [-0.2, 0) is 4.79 Å². The molecule has 0 saturated carbocycles. The number of halogens is 1. The molecule has 1 fully saturated rings. The topological polar surface area (TPSA) is 95.8 Å². The first-order valence-electron chi connectivity index (χ1n) is 10.2. The van der Waals surface area contributed by atoms with Gasteiger partial charge in [0.1, 0.15) is 11.7 Å². The minimum Gasteiger partial charge on any atom is -0.362 e. The second-order valence-electron chi connectivity index (χ2n) is 7.35. The Labute approximate surface area is 196 Å². The summed E-state index contributed by atoms with van der Waals surface area (Å²) in [6.07, 6.45) is 2.45. The van der Waals surface area contributed by atoms with Gasteiger partial charge in [0, 0.05) is 32.2 Å². The number of benzene rings is 2. The summed E-state index contributed by atoms with van der Waals surface area (Å²) in [5.41, 5.74) is 0.935. The van der Waals surface area contributed by atoms with Crippen LogP contribution in [-0.4, -0.2) is 65.9 Å². The van der Waals surface area contributed by atoms with Gasteiger partial charge < -0.3 is 15.1 Å². The smallest absolute Gasteiger partial charge is 0.292 e. The van der Waals surface area contributed by atoms with Crippen molar-refractivity contribution in [1.29, 1.82) is 0 Å². The highest BCUT2D eigenvalue weighted by Crippen LogP contribution is 2.28. The number of hydrogen-bond donors (Lipinski definition) is 1. The number of nitro benzene ring substituents is 1. The Bertz CT molecular complexity index is 982. The van der Waals surface area contributed by atoms with Gasteiger partial charge in [0.15, 0.2) is 0 Å². The molecule has 0 aliphatic carbocycles. The largest absolute Gasteiger partial charge is 0.362 e. The number of nitro groups is 1. The second-order valence-corrected chi connectivity index (χ2v) is 8.74. The molecule has 0 aromatic heterocycles. The first kappa shape index (κ1) is 23.9. The van der Waals surface area contributed by atoms with Crippen LogP contribution in [0.1, 0.15) is 16.8 Å². The second kappa shape index (κ2) is 11.2. The molecular weight excluding hydrogens is 452 g/mol. The summed E-state index contributed by atoms with van der Waals surface area (Å²) in [6.45, 7) is 1.79. The maximum absolute atomic E-state index is 13.2. The first-order chi connectivity index (χ1) is 15.4. The number of nitrogens with one attached hydrogen (secondary N) is 1. The third-order valence-corrected chi connectivity index (χ3v) is 6.32. The number of amides is 2. The van der Waals surface area contributed by atoms with E-state index in [1.807, 2.05) is 11.2 Å². The fourth-order valence-corrected chi connectivity index (χ4v) is 4.34. The highest BCUT2D eigenvalue weighted by Gasteiger charge is 2.30. The summed E-state index contributed by atoms with van der Waals surface area (Å²) < 4.78 is 0. The molecule has 0 spiro atoms. The van der Waals surface area contributed by atoms with Crippen molar-refractivity contribution in [2.75, 3.05) is 43.1 Å². The van der Waals surface area contributed by atoms with Gasteiger partial charge in [0.05, 0.1) is 15.5 Å². The van der Waals surface area contributed by atoms with Gasteiger partial charge in [-0.15, -0.1) is 0 Å². The van der Waals surface area contributed by atoms with E-state index in [1.54, 1.807) is 59.1 Å². The van der Waals surface area contributed by atoms with E-state index in [9.17, 15) is 19.7 Å². The van der Waals surface area contributed by atoms with Gasteiger partial charge in [-0.05, 0) is 36.6 Å². The summed E-state index contributed by atoms with van der Waals surface area (Å²) >= 11 is 7.73. The molecule has 1 unspecified atom stereocenters. The van der Waals surface area contributed by atoms with Crippen molar-refractivity contribution >= 4 is 46.6 Å². The minimum absolute atomic E-state index is 0.0529. The fourth-order valence-electron chi connectivity index (χ4n) is 3.65. The molecule has 1 aliphatic rings. The Balaban J connectivity index is 1.67. The lowest BCUT2D eigenvalue weighted by Gasteiger charge is -2.37. The van der Waals surface area contributed by atoms with Gasteiger partial charge in [-0.1, -0.05) is 35.9 Å². The van der Waals surface area contributed by atoms with Crippen LogP contribution in [0, 0.1) is 10.1 Å². The molecule has 2 aromatic rings. The predicted octanol–water partition coefficient (Wildman–Crippen LogP) is 3.45. The average Bonchev–Trinajstić information content (AvgIpc) is 2.81. The van der Waals surface area contributed by atoms with Crippen LogP contribution < -0.4 is 10.2 Å². The van der Waals surface area contributed by atoms with E-state index >= 15 is 0 Å². The SMILES string of the molecule is CSCCC(NC(=O)c1ccccc1Cl)C(=O)N1CCN(c2ccccc2[N+](=O)[O-])CC1. The van der Waals surface area contributed by atoms with Gasteiger partial charge in [-0.2, -0.15) is 11.8 Å². The van der Waals surface area contributed by atoms with Crippen molar-refractivity contribution in [1.82, 2.24) is 10.2 Å². The van der Waals surface area contributed by atoms with Crippen molar-refractivity contribution in [3.63, 3.8) is 0 Å². The zero-order valence-corrected chi connectivity index (χ0v) is 19.3. The lowest BCUT2D eigenvalue weighted by Crippen LogP contribution is -2.55. The quantitative estimate of drug-likeness (QED) is 0.463. The van der Waals surface area contributed by atoms with E-state index < -0.39 is 11.0 Å². The third-order valence-electron chi connectivity index (χ3n) is 5.34. The van der Waals surface area contributed by atoms with Crippen LogP contribution in [0.5, 0.6) is 0 Å². The lowest BCUT2D eigenvalue weighted by molar-refractivity contribution is -0.384. The maximum Gasteiger partial charge on any atom is 0.292 e. The molecule has 1 aliphatic heterocycles. The Hall–Kier alpha value is -2.78. The lowest BCUT2D eigenvalue weighted by atomic mass is 10.1. The molecule has 1 N–H and O–H groups in total. The Kier molecular flexibility index (Phi) is 8.35. The Morgan fingerprint density at radius 3 is 2.44 bits per heavy atom. The molecule has 3 rings (SSSR count). The summed E-state index contributed by atoms with van der Waals surface area (Å²) in [5, 5.41) is 14.5. The van der Waals surface area contributed by atoms with Crippen LogP contribution in [0.4, 0.5) is 11.4 Å². The third kappa shape index (κ3) is 5.72. The first-order valence-corrected chi connectivity index (χ1v) is 12.0. The molecule has 32 heavy (non-hydrogen) atoms. The van der Waals surface area contributed by atoms with E-state index in [0.717, 1.165) is 5.75 Å². The number of piperazine rings is 1. The van der Waals surface area contributed by atoms with Crippen molar-refractivity contribution in [2.45, 2.75) is 12.5 Å². The van der Waals surface area contributed by atoms with E-state index in [2.05, 4.69) is 5.32 Å². The molecule has 2 aromatic carbocycles. The van der Waals surface area contributed by atoms with E-state index in [0.29, 0.717) is 48.9 Å². The van der Waals surface area contributed by atoms with Gasteiger partial charge in [0.2, 0.25) is 5.91 Å². The molecule has 1 saturated heterocycles. The molecule has 1 heterocycles. The fraction of sp³-hybridized carbons (Fsp3) is 0.364. The van der Waals surface area contributed by atoms with Crippen LogP contribution in [0.3, 0.4) is 0 Å². The standard InChI is InChI=1S/C22H25ClN4O4S/c1-32-15-10-18(24-21(28)16-6-2-3-7-17(16)23)22(29)26-13-11-25(12-14-26)19-8-4-5-9-20(19)27(30)31/h2-9,18H,10-15H2,1H3,(H,24,28). The number of anilines is 1. The average molecular weight is 477 g/mol. The number of rotatable bonds is 8. The maximum atomic E-state index is 13.2. The highest BCUT2D eigenvalue weighted by atomic mass is 35.5. The summed E-state index contributed by atoms with van der Waals surface area (Å²) in [4.78, 5) is 40.5. The summed E-state index contributed by atoms with van der Waals surface area (Å²) in [6, 6.07) is 12.7. The van der Waals surface area contributed by atoms with E-state index in [-0.39, 0.29) is 17.5 Å². The molecule has 2 amide bonds. The molecule has 0 radical (unpaired) electrons. The number of para-hydroxylation sites is 2. The van der Waals surface area contributed by atoms with Crippen LogP contribution in [0.2, 0.25) is 5.02 Å². The van der Waals surface area contributed by atoms with Crippen LogP contribution in [0.25, 0.3) is 0 Å². The zero-order valence-electron chi connectivity index (χ0n) is 17.7. The monoisotopic (exact) mass is 476 g/mol. The van der Waals surface area contributed by atoms with Gasteiger partial charge >= 0.3 is 0 Å². The van der Waals surface area contributed by atoms with E-state index in [1.165, 1.54) is 6.07 Å². The molecule has 0 bridgehead atoms. The summed E-state index contributed by atoms with van der Waals surface area (Å²) in [5.74, 6) is 0.185. The van der Waals surface area contributed by atoms with Gasteiger partial charge in [-0.3, -0.25) is 19.7 Å². The molecule has 170 valence electrons. The Morgan fingerprint density at radius 2 is 1.78 bits per heavy atom. The summed E-state index contributed by atoms with van der Waals surface area (Å²) in [7, 11) is 0. The number of hydrogen-bond acceptors (Lipinski definition) is 6. The van der Waals surface area contributed by atoms with Crippen LogP contribution >= 0.6 is 23.4 Å². The van der Waals surface area contributed by atoms with Crippen molar-refractivity contribution < 1.29 is 14.5 Å². The molecule has 10 heteroatoms. The van der Waals surface area contributed by atoms with Crippen molar-refractivity contribution in [3.8, 4) is 0 Å². The number of nitrogens with zero attached hydrogens (tertiary/aromatic N) is 3. The molecular formula is C22H25ClN4O4S. The van der Waals surface area contributed by atoms with Gasteiger partial charge in [0.25, 0.3) is 11.6 Å². The highest BCUT2D eigenvalue weighted by molar-refractivity contribution is 7.98. The molecule has 8 nitrogen and oxygen atoms in total. The minimum atomic E-state index is -0.663. The number of carbonyl (C=O) groups excluding carboxylic acids is 2. The number of thioether (sulfide) groups is 1. The molecule has 1 atom stereocenters. The normalized spacial score (nSPS) is 14.7. The predicted molar refractivity (Wildman–Crippen MR) is 128 cm³/mol. The zero-order chi connectivity index (χ0) is 23.1. The van der Waals surface area contributed by atoms with Crippen molar-refractivity contribution in [2.24, 2.45) is 0 Å². The van der Waals surface area contributed by atoms with Crippen LogP contribution in [0.15, 0.2) is 48.5 Å². The number of carbonyl (C=O) groups is 2. The Morgan fingerprint density at radius 1 is 1.12 bits per heavy atom. The van der Waals surface area contributed by atoms with E-state index in [4.69, 9.17) is 11.6 Å². The van der Waals surface area contributed by atoms with Crippen molar-refractivity contribution in [3.05, 3.63) is 69.2 Å². The van der Waals surface area contributed by atoms with Gasteiger partial charge in [-0.25, -0.2) is 0 Å².